The molecule has 0 aliphatic carbocycles. The molecule has 0 heterocycles. The molecule has 0 aliphatic rings. The maximum Gasteiger partial charge on any atom is 0.416 e. The van der Waals surface area contributed by atoms with Crippen molar-refractivity contribution in [3.05, 3.63) is 106 Å². The first-order chi connectivity index (χ1) is 19.4. The average molecular weight is 607 g/mol. The van der Waals surface area contributed by atoms with Crippen molar-refractivity contribution in [2.24, 2.45) is 0 Å². The van der Waals surface area contributed by atoms with Gasteiger partial charge in [0.15, 0.2) is 0 Å². The van der Waals surface area contributed by atoms with E-state index < -0.39 is 72.3 Å². The number of nitrogens with one attached hydrogen (secondary N) is 1. The fourth-order valence-corrected chi connectivity index (χ4v) is 3.32. The molecule has 3 aromatic rings. The lowest BCUT2D eigenvalue weighted by Crippen LogP contribution is -2.42. The molecule has 0 radical (unpaired) electrons. The van der Waals surface area contributed by atoms with Crippen molar-refractivity contribution in [3.63, 3.8) is 0 Å². The second kappa shape index (κ2) is 12.5. The molecular weight excluding hydrogens is 589 g/mol. The van der Waals surface area contributed by atoms with Gasteiger partial charge in [0.2, 0.25) is 0 Å². The summed E-state index contributed by atoms with van der Waals surface area (Å²) in [5.74, 6) is -3.21. The number of carbonyl (C=O) groups excluding carboxylic acids is 3. The van der Waals surface area contributed by atoms with Gasteiger partial charge in [0.25, 0.3) is 5.91 Å². The Morgan fingerprint density at radius 1 is 0.524 bits per heavy atom. The molecule has 0 saturated carbocycles. The highest BCUT2D eigenvalue weighted by atomic mass is 19.4. The van der Waals surface area contributed by atoms with Crippen molar-refractivity contribution < 1.29 is 63.4 Å². The van der Waals surface area contributed by atoms with Crippen LogP contribution in [0.4, 0.5) is 39.5 Å². The highest BCUT2D eigenvalue weighted by Crippen LogP contribution is 2.31. The molecule has 0 atom stereocenters. The molecule has 0 aromatic heterocycles. The van der Waals surface area contributed by atoms with E-state index in [0.29, 0.717) is 36.4 Å². The fourth-order valence-electron chi connectivity index (χ4n) is 3.32. The van der Waals surface area contributed by atoms with Gasteiger partial charge in [0, 0.05) is 5.56 Å². The van der Waals surface area contributed by atoms with Crippen LogP contribution in [0.5, 0.6) is 0 Å². The summed E-state index contributed by atoms with van der Waals surface area (Å²) in [6, 6.07) is 7.54. The van der Waals surface area contributed by atoms with Crippen molar-refractivity contribution >= 4 is 17.8 Å². The zero-order valence-corrected chi connectivity index (χ0v) is 20.9. The molecule has 3 rings (SSSR count). The normalized spacial score (nSPS) is 12.1. The Labute approximate surface area is 231 Å². The molecule has 1 amide bonds. The zero-order chi connectivity index (χ0) is 31.3. The van der Waals surface area contributed by atoms with Gasteiger partial charge in [0.05, 0.1) is 33.9 Å². The molecule has 0 saturated heterocycles. The van der Waals surface area contributed by atoms with Gasteiger partial charge in [-0.25, -0.2) is 9.59 Å². The first-order valence-electron chi connectivity index (χ1n) is 11.6. The molecule has 0 unspecified atom stereocenters. The molecular formula is C27H18F9NO5. The van der Waals surface area contributed by atoms with Crippen LogP contribution in [0.3, 0.4) is 0 Å². The van der Waals surface area contributed by atoms with Crippen LogP contribution in [0.2, 0.25) is 0 Å². The number of hydrogen-bond donors (Lipinski definition) is 1. The van der Waals surface area contributed by atoms with Crippen LogP contribution in [-0.2, 0) is 28.0 Å². The number of rotatable bonds is 8. The third-order valence-corrected chi connectivity index (χ3v) is 5.54. The molecule has 1 N–H and O–H groups in total. The summed E-state index contributed by atoms with van der Waals surface area (Å²) in [4.78, 5) is 37.3. The minimum atomic E-state index is -4.67. The molecule has 0 spiro atoms. The summed E-state index contributed by atoms with van der Waals surface area (Å²) in [7, 11) is 0. The number of hydrogen-bond acceptors (Lipinski definition) is 5. The quantitative estimate of drug-likeness (QED) is 0.232. The van der Waals surface area contributed by atoms with Crippen LogP contribution >= 0.6 is 0 Å². The SMILES string of the molecule is O=C(NC(COC(=O)c1ccc(C(F)(F)F)cc1)COC(=O)c1ccc(C(F)(F)F)cc1)c1ccc(C(F)(F)F)cc1. The Morgan fingerprint density at radius 2 is 0.810 bits per heavy atom. The van der Waals surface area contributed by atoms with Crippen LogP contribution in [0.1, 0.15) is 47.8 Å². The molecule has 0 bridgehead atoms. The minimum Gasteiger partial charge on any atom is -0.460 e. The predicted octanol–water partition coefficient (Wildman–Crippen LogP) is 6.56. The van der Waals surface area contributed by atoms with Gasteiger partial charge < -0.3 is 14.8 Å². The van der Waals surface area contributed by atoms with Gasteiger partial charge in [0.1, 0.15) is 13.2 Å². The van der Waals surface area contributed by atoms with Gasteiger partial charge in [-0.05, 0) is 72.8 Å². The topological polar surface area (TPSA) is 81.7 Å². The Hall–Kier alpha value is -4.56. The largest absolute Gasteiger partial charge is 0.460 e. The molecule has 6 nitrogen and oxygen atoms in total. The summed E-state index contributed by atoms with van der Waals surface area (Å²) >= 11 is 0. The van der Waals surface area contributed by atoms with E-state index in [2.05, 4.69) is 5.32 Å². The number of amides is 1. The van der Waals surface area contributed by atoms with Crippen molar-refractivity contribution in [1.82, 2.24) is 5.32 Å². The first-order valence-corrected chi connectivity index (χ1v) is 11.6. The lowest BCUT2D eigenvalue weighted by Gasteiger charge is -2.19. The summed E-state index contributed by atoms with van der Waals surface area (Å²) in [6.45, 7) is -1.43. The van der Waals surface area contributed by atoms with E-state index >= 15 is 0 Å². The zero-order valence-electron chi connectivity index (χ0n) is 20.9. The Balaban J connectivity index is 1.71. The van der Waals surface area contributed by atoms with Crippen LogP contribution < -0.4 is 5.32 Å². The number of carbonyl (C=O) groups is 3. The lowest BCUT2D eigenvalue weighted by atomic mass is 10.1. The maximum atomic E-state index is 12.8. The van der Waals surface area contributed by atoms with Crippen molar-refractivity contribution in [2.45, 2.75) is 24.6 Å². The van der Waals surface area contributed by atoms with Crippen LogP contribution in [0, 0.1) is 0 Å². The minimum absolute atomic E-state index is 0.254. The Kier molecular flexibility index (Phi) is 9.53. The third kappa shape index (κ3) is 8.72. The monoisotopic (exact) mass is 607 g/mol. The van der Waals surface area contributed by atoms with E-state index in [-0.39, 0.29) is 16.7 Å². The van der Waals surface area contributed by atoms with Gasteiger partial charge in [-0.15, -0.1) is 0 Å². The Bertz CT molecular complexity index is 1320. The summed E-state index contributed by atoms with van der Waals surface area (Å²) in [5, 5.41) is 2.29. The van der Waals surface area contributed by atoms with Crippen molar-refractivity contribution in [1.29, 1.82) is 0 Å². The van der Waals surface area contributed by atoms with Crippen LogP contribution in [-0.4, -0.2) is 37.1 Å². The smallest absolute Gasteiger partial charge is 0.416 e. The predicted molar refractivity (Wildman–Crippen MR) is 126 cm³/mol. The number of esters is 2. The first kappa shape index (κ1) is 32.0. The molecule has 42 heavy (non-hydrogen) atoms. The number of benzene rings is 3. The second-order valence-corrected chi connectivity index (χ2v) is 8.59. The standard InChI is InChI=1S/C27H18F9NO5/c28-25(29,30)18-7-1-15(2-8-18)22(38)37-21(13-41-23(39)16-3-9-19(10-4-16)26(31,32)33)14-42-24(40)17-5-11-20(12-6-17)27(34,35)36/h1-12,21H,13-14H2,(H,37,38). The van der Waals surface area contributed by atoms with E-state index in [1.54, 1.807) is 0 Å². The average Bonchev–Trinajstić information content (AvgIpc) is 2.92. The fraction of sp³-hybridized carbons (Fsp3) is 0.222. The molecule has 224 valence electrons. The molecule has 3 aromatic carbocycles. The van der Waals surface area contributed by atoms with Gasteiger partial charge in [-0.1, -0.05) is 0 Å². The maximum absolute atomic E-state index is 12.8. The second-order valence-electron chi connectivity index (χ2n) is 8.59. The summed E-state index contributed by atoms with van der Waals surface area (Å²) in [6.07, 6.45) is -14.0. The number of alkyl halides is 9. The van der Waals surface area contributed by atoms with Gasteiger partial charge in [-0.3, -0.25) is 4.79 Å². The number of ether oxygens (including phenoxy) is 2. The summed E-state index contributed by atoms with van der Waals surface area (Å²) in [5.41, 5.74) is -3.94. The van der Waals surface area contributed by atoms with E-state index in [1.807, 2.05) is 0 Å². The highest BCUT2D eigenvalue weighted by molar-refractivity contribution is 5.94. The van der Waals surface area contributed by atoms with E-state index in [1.165, 1.54) is 0 Å². The van der Waals surface area contributed by atoms with Crippen LogP contribution in [0.15, 0.2) is 72.8 Å². The lowest BCUT2D eigenvalue weighted by molar-refractivity contribution is -0.138. The van der Waals surface area contributed by atoms with E-state index in [4.69, 9.17) is 9.47 Å². The highest BCUT2D eigenvalue weighted by Gasteiger charge is 2.32. The molecule has 0 fully saturated rings. The van der Waals surface area contributed by atoms with Gasteiger partial charge in [-0.2, -0.15) is 39.5 Å². The van der Waals surface area contributed by atoms with Crippen LogP contribution in [0.25, 0.3) is 0 Å². The van der Waals surface area contributed by atoms with Gasteiger partial charge >= 0.3 is 30.5 Å². The number of halogens is 9. The molecule has 0 aliphatic heterocycles. The van der Waals surface area contributed by atoms with E-state index in [0.717, 1.165) is 36.4 Å². The summed E-state index contributed by atoms with van der Waals surface area (Å²) < 4.78 is 125. The van der Waals surface area contributed by atoms with Crippen molar-refractivity contribution in [3.8, 4) is 0 Å². The van der Waals surface area contributed by atoms with Crippen molar-refractivity contribution in [2.75, 3.05) is 13.2 Å². The van der Waals surface area contributed by atoms with E-state index in [9.17, 15) is 53.9 Å². The molecule has 15 heteroatoms. The third-order valence-electron chi connectivity index (χ3n) is 5.54. The Morgan fingerprint density at radius 3 is 1.10 bits per heavy atom.